The standard InChI is InChI=1S/C17H28O2/c1-6-15(18)19-17(5)14-10-8-7-9-13(14)11-12(2)16(17,3)4/h6,12-14H,1,7-11H2,2-5H3. The van der Waals surface area contributed by atoms with Gasteiger partial charge in [0, 0.05) is 17.4 Å². The summed E-state index contributed by atoms with van der Waals surface area (Å²) in [6, 6.07) is 0. The maximum Gasteiger partial charge on any atom is 0.330 e. The first kappa shape index (κ1) is 14.6. The molecule has 0 saturated heterocycles. The first-order valence-electron chi connectivity index (χ1n) is 7.68. The van der Waals surface area contributed by atoms with Gasteiger partial charge in [0.15, 0.2) is 0 Å². The van der Waals surface area contributed by atoms with Crippen molar-refractivity contribution in [3.8, 4) is 0 Å². The fourth-order valence-electron chi connectivity index (χ4n) is 4.39. The van der Waals surface area contributed by atoms with Crippen molar-refractivity contribution in [2.75, 3.05) is 0 Å². The van der Waals surface area contributed by atoms with Gasteiger partial charge in [-0.1, -0.05) is 46.6 Å². The van der Waals surface area contributed by atoms with Gasteiger partial charge in [0.25, 0.3) is 0 Å². The molecule has 0 N–H and O–H groups in total. The summed E-state index contributed by atoms with van der Waals surface area (Å²) < 4.78 is 5.93. The molecule has 2 heteroatoms. The average Bonchev–Trinajstić information content (AvgIpc) is 2.37. The lowest BCUT2D eigenvalue weighted by molar-refractivity contribution is -0.209. The molecular weight excluding hydrogens is 236 g/mol. The van der Waals surface area contributed by atoms with E-state index < -0.39 is 0 Å². The second-order valence-electron chi connectivity index (χ2n) is 7.24. The van der Waals surface area contributed by atoms with E-state index in [2.05, 4.69) is 34.3 Å². The van der Waals surface area contributed by atoms with Crippen LogP contribution >= 0.6 is 0 Å². The van der Waals surface area contributed by atoms with Crippen LogP contribution in [0.25, 0.3) is 0 Å². The molecule has 0 bridgehead atoms. The molecule has 0 aromatic heterocycles. The van der Waals surface area contributed by atoms with Gasteiger partial charge in [-0.25, -0.2) is 4.79 Å². The van der Waals surface area contributed by atoms with Crippen LogP contribution in [-0.2, 0) is 9.53 Å². The largest absolute Gasteiger partial charge is 0.455 e. The Bertz CT molecular complexity index is 371. The monoisotopic (exact) mass is 264 g/mol. The summed E-state index contributed by atoms with van der Waals surface area (Å²) in [7, 11) is 0. The Labute approximate surface area is 117 Å². The van der Waals surface area contributed by atoms with Crippen LogP contribution in [-0.4, -0.2) is 11.6 Å². The lowest BCUT2D eigenvalue weighted by Gasteiger charge is -2.59. The van der Waals surface area contributed by atoms with Gasteiger partial charge in [0.1, 0.15) is 5.60 Å². The molecule has 0 radical (unpaired) electrons. The number of hydrogen-bond acceptors (Lipinski definition) is 2. The number of carbonyl (C=O) groups excluding carboxylic acids is 1. The zero-order valence-corrected chi connectivity index (χ0v) is 12.9. The normalized spacial score (nSPS) is 41.2. The van der Waals surface area contributed by atoms with E-state index in [4.69, 9.17) is 4.74 Å². The minimum atomic E-state index is -0.360. The fraction of sp³-hybridized carbons (Fsp3) is 0.824. The third-order valence-corrected chi connectivity index (χ3v) is 6.26. The van der Waals surface area contributed by atoms with Crippen LogP contribution in [0.5, 0.6) is 0 Å². The topological polar surface area (TPSA) is 26.3 Å². The Morgan fingerprint density at radius 3 is 2.53 bits per heavy atom. The molecule has 19 heavy (non-hydrogen) atoms. The molecule has 0 aromatic carbocycles. The van der Waals surface area contributed by atoms with E-state index in [1.165, 1.54) is 38.2 Å². The van der Waals surface area contributed by atoms with Crippen molar-refractivity contribution in [3.63, 3.8) is 0 Å². The molecule has 108 valence electrons. The van der Waals surface area contributed by atoms with E-state index in [0.717, 1.165) is 5.92 Å². The summed E-state index contributed by atoms with van der Waals surface area (Å²) in [5.74, 6) is 1.54. The average molecular weight is 264 g/mol. The van der Waals surface area contributed by atoms with Crippen molar-refractivity contribution in [3.05, 3.63) is 12.7 Å². The molecule has 0 aliphatic heterocycles. The predicted octanol–water partition coefficient (Wildman–Crippen LogP) is 4.35. The minimum absolute atomic E-state index is 0.0180. The SMILES string of the molecule is C=CC(=O)OC1(C)C2CCCCC2CC(C)C1(C)C. The summed E-state index contributed by atoms with van der Waals surface area (Å²) in [6.07, 6.45) is 7.68. The van der Waals surface area contributed by atoms with E-state index in [-0.39, 0.29) is 17.0 Å². The molecule has 4 atom stereocenters. The molecule has 2 saturated carbocycles. The van der Waals surface area contributed by atoms with Crippen molar-refractivity contribution in [2.24, 2.45) is 23.2 Å². The molecule has 2 aliphatic rings. The van der Waals surface area contributed by atoms with E-state index in [1.54, 1.807) is 0 Å². The Morgan fingerprint density at radius 2 is 1.89 bits per heavy atom. The number of fused-ring (bicyclic) bond motifs is 1. The molecule has 0 heterocycles. The van der Waals surface area contributed by atoms with Crippen molar-refractivity contribution >= 4 is 5.97 Å². The molecule has 0 aromatic rings. The first-order chi connectivity index (χ1) is 8.83. The summed E-state index contributed by atoms with van der Waals surface area (Å²) in [5.41, 5.74) is -0.342. The summed E-state index contributed by atoms with van der Waals surface area (Å²) in [5, 5.41) is 0. The van der Waals surface area contributed by atoms with Gasteiger partial charge in [-0.15, -0.1) is 0 Å². The second-order valence-corrected chi connectivity index (χ2v) is 7.24. The molecular formula is C17H28O2. The molecule has 0 spiro atoms. The smallest absolute Gasteiger partial charge is 0.330 e. The van der Waals surface area contributed by atoms with Crippen molar-refractivity contribution in [1.29, 1.82) is 0 Å². The third-order valence-electron chi connectivity index (χ3n) is 6.26. The Kier molecular flexibility index (Phi) is 3.81. The Hall–Kier alpha value is -0.790. The highest BCUT2D eigenvalue weighted by Crippen LogP contribution is 2.58. The van der Waals surface area contributed by atoms with Crippen molar-refractivity contribution < 1.29 is 9.53 Å². The van der Waals surface area contributed by atoms with Crippen LogP contribution in [0.3, 0.4) is 0 Å². The lowest BCUT2D eigenvalue weighted by Crippen LogP contribution is -2.60. The zero-order chi connectivity index (χ0) is 14.3. The summed E-state index contributed by atoms with van der Waals surface area (Å²) in [6.45, 7) is 12.5. The molecule has 0 amide bonds. The van der Waals surface area contributed by atoms with Crippen LogP contribution in [0.15, 0.2) is 12.7 Å². The number of ether oxygens (including phenoxy) is 1. The van der Waals surface area contributed by atoms with Gasteiger partial charge >= 0.3 is 5.97 Å². The fourth-order valence-corrected chi connectivity index (χ4v) is 4.39. The number of esters is 1. The predicted molar refractivity (Wildman–Crippen MR) is 77.7 cm³/mol. The quantitative estimate of drug-likeness (QED) is 0.547. The summed E-state index contributed by atoms with van der Waals surface area (Å²) in [4.78, 5) is 11.8. The molecule has 2 fully saturated rings. The third kappa shape index (κ3) is 2.23. The maximum absolute atomic E-state index is 11.8. The number of rotatable bonds is 2. The van der Waals surface area contributed by atoms with Crippen LogP contribution in [0.4, 0.5) is 0 Å². The van der Waals surface area contributed by atoms with E-state index in [9.17, 15) is 4.79 Å². The molecule has 2 nitrogen and oxygen atoms in total. The van der Waals surface area contributed by atoms with Crippen LogP contribution in [0, 0.1) is 23.2 Å². The summed E-state index contributed by atoms with van der Waals surface area (Å²) >= 11 is 0. The van der Waals surface area contributed by atoms with E-state index in [0.29, 0.717) is 11.8 Å². The molecule has 4 unspecified atom stereocenters. The molecule has 2 rings (SSSR count). The van der Waals surface area contributed by atoms with Crippen molar-refractivity contribution in [2.45, 2.75) is 65.4 Å². The highest BCUT2D eigenvalue weighted by Gasteiger charge is 2.58. The van der Waals surface area contributed by atoms with E-state index in [1.807, 2.05) is 0 Å². The Balaban J connectivity index is 2.36. The van der Waals surface area contributed by atoms with Gasteiger partial charge in [0.2, 0.25) is 0 Å². The van der Waals surface area contributed by atoms with Gasteiger partial charge in [-0.05, 0) is 31.6 Å². The van der Waals surface area contributed by atoms with Crippen molar-refractivity contribution in [1.82, 2.24) is 0 Å². The lowest BCUT2D eigenvalue weighted by atomic mass is 9.50. The number of hydrogen-bond donors (Lipinski definition) is 0. The Morgan fingerprint density at radius 1 is 1.26 bits per heavy atom. The highest BCUT2D eigenvalue weighted by molar-refractivity contribution is 5.81. The van der Waals surface area contributed by atoms with Gasteiger partial charge in [-0.2, -0.15) is 0 Å². The van der Waals surface area contributed by atoms with Crippen LogP contribution < -0.4 is 0 Å². The number of carbonyl (C=O) groups is 1. The highest BCUT2D eigenvalue weighted by atomic mass is 16.6. The van der Waals surface area contributed by atoms with E-state index >= 15 is 0 Å². The maximum atomic E-state index is 11.8. The van der Waals surface area contributed by atoms with Crippen LogP contribution in [0.1, 0.15) is 59.8 Å². The van der Waals surface area contributed by atoms with Gasteiger partial charge in [-0.3, -0.25) is 0 Å². The minimum Gasteiger partial charge on any atom is -0.455 e. The first-order valence-corrected chi connectivity index (χ1v) is 7.68. The van der Waals surface area contributed by atoms with Crippen LogP contribution in [0.2, 0.25) is 0 Å². The molecule has 2 aliphatic carbocycles. The van der Waals surface area contributed by atoms with Gasteiger partial charge in [0.05, 0.1) is 0 Å². The van der Waals surface area contributed by atoms with Gasteiger partial charge < -0.3 is 4.74 Å². The second kappa shape index (κ2) is 4.96. The zero-order valence-electron chi connectivity index (χ0n) is 12.9.